The Morgan fingerprint density at radius 1 is 1.44 bits per heavy atom. The summed E-state index contributed by atoms with van der Waals surface area (Å²) in [4.78, 5) is 0. The van der Waals surface area contributed by atoms with Crippen LogP contribution in [0.5, 0.6) is 5.75 Å². The van der Waals surface area contributed by atoms with Crippen molar-refractivity contribution in [3.63, 3.8) is 0 Å². The molecule has 1 unspecified atom stereocenters. The zero-order chi connectivity index (χ0) is 11.8. The number of methoxy groups -OCH3 is 1. The van der Waals surface area contributed by atoms with E-state index >= 15 is 0 Å². The molecule has 2 rings (SSSR count). The van der Waals surface area contributed by atoms with E-state index in [9.17, 15) is 4.39 Å². The summed E-state index contributed by atoms with van der Waals surface area (Å²) in [5.41, 5.74) is 7.43. The average Bonchev–Trinajstić information content (AvgIpc) is 2.24. The Balaban J connectivity index is 2.54. The van der Waals surface area contributed by atoms with Crippen LogP contribution < -0.4 is 10.5 Å². The van der Waals surface area contributed by atoms with Gasteiger partial charge in [-0.2, -0.15) is 0 Å². The van der Waals surface area contributed by atoms with E-state index in [0.717, 1.165) is 24.8 Å². The predicted octanol–water partition coefficient (Wildman–Crippen LogP) is 3.06. The molecule has 0 spiro atoms. The molecule has 0 amide bonds. The van der Waals surface area contributed by atoms with Gasteiger partial charge in [0, 0.05) is 11.1 Å². The summed E-state index contributed by atoms with van der Waals surface area (Å²) < 4.78 is 18.9. The fourth-order valence-corrected chi connectivity index (χ4v) is 2.39. The van der Waals surface area contributed by atoms with Crippen molar-refractivity contribution < 1.29 is 9.13 Å². The largest absolute Gasteiger partial charge is 0.496 e. The van der Waals surface area contributed by atoms with Gasteiger partial charge in [0.2, 0.25) is 0 Å². The van der Waals surface area contributed by atoms with Crippen LogP contribution in [0.15, 0.2) is 18.2 Å². The van der Waals surface area contributed by atoms with Gasteiger partial charge in [-0.05, 0) is 37.8 Å². The number of halogens is 1. The molecule has 0 heterocycles. The highest BCUT2D eigenvalue weighted by Gasteiger charge is 2.39. The Morgan fingerprint density at radius 2 is 2.12 bits per heavy atom. The highest BCUT2D eigenvalue weighted by molar-refractivity contribution is 5.47. The monoisotopic (exact) mass is 223 g/mol. The van der Waals surface area contributed by atoms with E-state index in [1.54, 1.807) is 20.1 Å². The summed E-state index contributed by atoms with van der Waals surface area (Å²) >= 11 is 0. The molecule has 1 aliphatic carbocycles. The molecular weight excluding hydrogens is 205 g/mol. The molecule has 1 fully saturated rings. The maximum absolute atomic E-state index is 13.6. The number of benzene rings is 1. The topological polar surface area (TPSA) is 35.2 Å². The third-order valence-corrected chi connectivity index (χ3v) is 3.45. The van der Waals surface area contributed by atoms with Crippen LogP contribution in [-0.4, -0.2) is 7.11 Å². The summed E-state index contributed by atoms with van der Waals surface area (Å²) in [6, 6.07) is 5.47. The molecule has 1 aromatic rings. The first-order valence-corrected chi connectivity index (χ1v) is 5.69. The fraction of sp³-hybridized carbons (Fsp3) is 0.538. The zero-order valence-corrected chi connectivity index (χ0v) is 9.79. The smallest absolute Gasteiger partial charge is 0.124 e. The molecule has 2 nitrogen and oxygen atoms in total. The standard InChI is InChI=1S/C13H18FNO/c1-9(14)10-5-3-6-11(16-2)12(10)13(15)7-4-8-13/h3,5-6,9H,4,7-8,15H2,1-2H3. The van der Waals surface area contributed by atoms with Gasteiger partial charge < -0.3 is 10.5 Å². The Bertz CT molecular complexity index is 386. The van der Waals surface area contributed by atoms with E-state index in [1.165, 1.54) is 0 Å². The minimum absolute atomic E-state index is 0.387. The molecule has 2 N–H and O–H groups in total. The van der Waals surface area contributed by atoms with Crippen molar-refractivity contribution in [2.45, 2.75) is 37.9 Å². The summed E-state index contributed by atoms with van der Waals surface area (Å²) in [7, 11) is 1.60. The lowest BCUT2D eigenvalue weighted by Gasteiger charge is -2.40. The van der Waals surface area contributed by atoms with Crippen molar-refractivity contribution in [3.8, 4) is 5.75 Å². The summed E-state index contributed by atoms with van der Waals surface area (Å²) in [5.74, 6) is 0.712. The van der Waals surface area contributed by atoms with Crippen molar-refractivity contribution in [1.82, 2.24) is 0 Å². The van der Waals surface area contributed by atoms with Crippen LogP contribution in [0.3, 0.4) is 0 Å². The Kier molecular flexibility index (Phi) is 2.89. The second-order valence-corrected chi connectivity index (χ2v) is 4.55. The van der Waals surface area contributed by atoms with Crippen molar-refractivity contribution in [3.05, 3.63) is 29.3 Å². The summed E-state index contributed by atoms with van der Waals surface area (Å²) in [6.07, 6.45) is 1.92. The minimum atomic E-state index is -1.01. The van der Waals surface area contributed by atoms with Gasteiger partial charge in [0.25, 0.3) is 0 Å². The van der Waals surface area contributed by atoms with Crippen LogP contribution in [0, 0.1) is 0 Å². The third-order valence-electron chi connectivity index (χ3n) is 3.45. The van der Waals surface area contributed by atoms with Crippen LogP contribution in [0.2, 0.25) is 0 Å². The van der Waals surface area contributed by atoms with Crippen molar-refractivity contribution in [2.24, 2.45) is 5.73 Å². The maximum atomic E-state index is 13.6. The molecule has 1 aliphatic rings. The molecular formula is C13H18FNO. The van der Waals surface area contributed by atoms with Crippen LogP contribution in [0.4, 0.5) is 4.39 Å². The lowest BCUT2D eigenvalue weighted by molar-refractivity contribution is 0.236. The molecule has 1 aromatic carbocycles. The van der Waals surface area contributed by atoms with Gasteiger partial charge in [0.05, 0.1) is 7.11 Å². The molecule has 0 saturated heterocycles. The first-order chi connectivity index (χ1) is 7.58. The van der Waals surface area contributed by atoms with Crippen LogP contribution in [0.25, 0.3) is 0 Å². The van der Waals surface area contributed by atoms with Crippen LogP contribution in [0.1, 0.15) is 43.5 Å². The molecule has 1 saturated carbocycles. The van der Waals surface area contributed by atoms with Crippen molar-refractivity contribution in [1.29, 1.82) is 0 Å². The normalized spacial score (nSPS) is 20.0. The maximum Gasteiger partial charge on any atom is 0.124 e. The number of nitrogens with two attached hydrogens (primary N) is 1. The Morgan fingerprint density at radius 3 is 2.56 bits per heavy atom. The summed E-state index contributed by atoms with van der Waals surface area (Å²) in [5, 5.41) is 0. The number of alkyl halides is 1. The molecule has 0 radical (unpaired) electrons. The van der Waals surface area contributed by atoms with Gasteiger partial charge >= 0.3 is 0 Å². The fourth-order valence-electron chi connectivity index (χ4n) is 2.39. The number of hydrogen-bond donors (Lipinski definition) is 1. The van der Waals surface area contributed by atoms with Gasteiger partial charge in [0.15, 0.2) is 0 Å². The average molecular weight is 223 g/mol. The van der Waals surface area contributed by atoms with Gasteiger partial charge in [-0.1, -0.05) is 12.1 Å². The second kappa shape index (κ2) is 4.06. The number of hydrogen-bond acceptors (Lipinski definition) is 2. The zero-order valence-electron chi connectivity index (χ0n) is 9.79. The molecule has 0 bridgehead atoms. The number of rotatable bonds is 3. The van der Waals surface area contributed by atoms with Crippen LogP contribution >= 0.6 is 0 Å². The highest BCUT2D eigenvalue weighted by atomic mass is 19.1. The van der Waals surface area contributed by atoms with Gasteiger partial charge in [-0.3, -0.25) is 0 Å². The molecule has 88 valence electrons. The third kappa shape index (κ3) is 1.69. The van der Waals surface area contributed by atoms with Crippen molar-refractivity contribution in [2.75, 3.05) is 7.11 Å². The quantitative estimate of drug-likeness (QED) is 0.854. The minimum Gasteiger partial charge on any atom is -0.496 e. The molecule has 16 heavy (non-hydrogen) atoms. The first kappa shape index (κ1) is 11.4. The van der Waals surface area contributed by atoms with E-state index in [0.29, 0.717) is 11.3 Å². The molecule has 0 aromatic heterocycles. The van der Waals surface area contributed by atoms with Gasteiger partial charge in [-0.15, -0.1) is 0 Å². The van der Waals surface area contributed by atoms with Crippen molar-refractivity contribution >= 4 is 0 Å². The summed E-state index contributed by atoms with van der Waals surface area (Å²) in [6.45, 7) is 1.54. The second-order valence-electron chi connectivity index (χ2n) is 4.55. The van der Waals surface area contributed by atoms with E-state index in [4.69, 9.17) is 10.5 Å². The Labute approximate surface area is 95.6 Å². The van der Waals surface area contributed by atoms with E-state index in [-0.39, 0.29) is 5.54 Å². The number of ether oxygens (including phenoxy) is 1. The lowest BCUT2D eigenvalue weighted by atomic mass is 9.70. The lowest BCUT2D eigenvalue weighted by Crippen LogP contribution is -2.44. The van der Waals surface area contributed by atoms with Gasteiger partial charge in [0.1, 0.15) is 11.9 Å². The molecule has 0 aliphatic heterocycles. The highest BCUT2D eigenvalue weighted by Crippen LogP contribution is 2.46. The SMILES string of the molecule is COc1cccc(C(C)F)c1C1(N)CCC1. The first-order valence-electron chi connectivity index (χ1n) is 5.69. The van der Waals surface area contributed by atoms with E-state index < -0.39 is 6.17 Å². The van der Waals surface area contributed by atoms with Crippen LogP contribution in [-0.2, 0) is 5.54 Å². The Hall–Kier alpha value is -1.09. The molecule has 1 atom stereocenters. The van der Waals surface area contributed by atoms with Gasteiger partial charge in [-0.25, -0.2) is 4.39 Å². The molecule has 3 heteroatoms. The van der Waals surface area contributed by atoms with E-state index in [2.05, 4.69) is 0 Å². The predicted molar refractivity (Wildman–Crippen MR) is 62.2 cm³/mol. The van der Waals surface area contributed by atoms with E-state index in [1.807, 2.05) is 12.1 Å².